The van der Waals surface area contributed by atoms with Gasteiger partial charge in [-0.15, -0.1) is 11.3 Å². The molecular formula is C19H22ClN3O2S. The fourth-order valence-corrected chi connectivity index (χ4v) is 4.06. The number of hydrogen-bond acceptors (Lipinski definition) is 3. The lowest BCUT2D eigenvalue weighted by Gasteiger charge is -2.30. The summed E-state index contributed by atoms with van der Waals surface area (Å²) in [6.07, 6.45) is 4.02. The summed E-state index contributed by atoms with van der Waals surface area (Å²) in [5.74, 6) is -0.253. The van der Waals surface area contributed by atoms with Crippen LogP contribution in [0.2, 0.25) is 5.02 Å². The SMILES string of the molecule is CCC(=O)N1CCCC(C(=O)N=c2sccn2Cc2ccccc2Cl)C1. The smallest absolute Gasteiger partial charge is 0.253 e. The van der Waals surface area contributed by atoms with Gasteiger partial charge in [-0.3, -0.25) is 9.59 Å². The Morgan fingerprint density at radius 2 is 2.15 bits per heavy atom. The Kier molecular flexibility index (Phi) is 6.27. The van der Waals surface area contributed by atoms with Crippen LogP contribution in [-0.2, 0) is 16.1 Å². The van der Waals surface area contributed by atoms with Crippen LogP contribution in [0.25, 0.3) is 0 Å². The Morgan fingerprint density at radius 3 is 2.92 bits per heavy atom. The lowest BCUT2D eigenvalue weighted by molar-refractivity contribution is -0.134. The van der Waals surface area contributed by atoms with E-state index < -0.39 is 0 Å². The van der Waals surface area contributed by atoms with Gasteiger partial charge in [0.15, 0.2) is 4.80 Å². The van der Waals surface area contributed by atoms with Crippen LogP contribution in [-0.4, -0.2) is 34.4 Å². The molecule has 1 fully saturated rings. The Hall–Kier alpha value is -1.92. The number of carbonyl (C=O) groups excluding carboxylic acids is 2. The van der Waals surface area contributed by atoms with Gasteiger partial charge in [-0.25, -0.2) is 0 Å². The fraction of sp³-hybridized carbons (Fsp3) is 0.421. The summed E-state index contributed by atoms with van der Waals surface area (Å²) in [7, 11) is 0. The maximum Gasteiger partial charge on any atom is 0.253 e. The molecule has 0 radical (unpaired) electrons. The molecule has 1 atom stereocenters. The van der Waals surface area contributed by atoms with Crippen molar-refractivity contribution in [1.82, 2.24) is 9.47 Å². The average Bonchev–Trinajstić information content (AvgIpc) is 3.09. The van der Waals surface area contributed by atoms with Crippen molar-refractivity contribution >= 4 is 34.8 Å². The molecule has 0 N–H and O–H groups in total. The second-order valence-corrected chi connectivity index (χ2v) is 7.67. The Labute approximate surface area is 161 Å². The molecule has 1 aromatic carbocycles. The number of thiazole rings is 1. The second kappa shape index (κ2) is 8.64. The quantitative estimate of drug-likeness (QED) is 0.802. The summed E-state index contributed by atoms with van der Waals surface area (Å²) in [6.45, 7) is 3.63. The first-order chi connectivity index (χ1) is 12.6. The third kappa shape index (κ3) is 4.43. The molecule has 3 rings (SSSR count). The van der Waals surface area contributed by atoms with Crippen molar-refractivity contribution in [2.24, 2.45) is 10.9 Å². The number of rotatable bonds is 4. The number of aromatic nitrogens is 1. The van der Waals surface area contributed by atoms with Crippen molar-refractivity contribution in [3.05, 3.63) is 51.2 Å². The minimum Gasteiger partial charge on any atom is -0.342 e. The molecule has 0 saturated carbocycles. The maximum absolute atomic E-state index is 12.7. The van der Waals surface area contributed by atoms with Gasteiger partial charge in [-0.2, -0.15) is 4.99 Å². The molecular weight excluding hydrogens is 370 g/mol. The van der Waals surface area contributed by atoms with Gasteiger partial charge in [0.25, 0.3) is 5.91 Å². The van der Waals surface area contributed by atoms with Gasteiger partial charge >= 0.3 is 0 Å². The number of halogens is 1. The van der Waals surface area contributed by atoms with E-state index in [0.29, 0.717) is 29.3 Å². The third-order valence-electron chi connectivity index (χ3n) is 4.59. The monoisotopic (exact) mass is 391 g/mol. The topological polar surface area (TPSA) is 54.7 Å². The van der Waals surface area contributed by atoms with Crippen molar-refractivity contribution in [3.63, 3.8) is 0 Å². The van der Waals surface area contributed by atoms with Crippen LogP contribution in [0.1, 0.15) is 31.7 Å². The average molecular weight is 392 g/mol. The van der Waals surface area contributed by atoms with E-state index in [1.807, 2.05) is 47.3 Å². The van der Waals surface area contributed by atoms with Crippen molar-refractivity contribution in [1.29, 1.82) is 0 Å². The normalized spacial score (nSPS) is 18.2. The van der Waals surface area contributed by atoms with Crippen LogP contribution in [0.5, 0.6) is 0 Å². The molecule has 2 amide bonds. The first-order valence-electron chi connectivity index (χ1n) is 8.82. The molecule has 1 aromatic heterocycles. The van der Waals surface area contributed by atoms with E-state index in [1.165, 1.54) is 11.3 Å². The largest absolute Gasteiger partial charge is 0.342 e. The van der Waals surface area contributed by atoms with E-state index >= 15 is 0 Å². The highest BCUT2D eigenvalue weighted by Gasteiger charge is 2.27. The molecule has 26 heavy (non-hydrogen) atoms. The van der Waals surface area contributed by atoms with Gasteiger partial charge < -0.3 is 9.47 Å². The number of nitrogens with zero attached hydrogens (tertiary/aromatic N) is 3. The molecule has 1 unspecified atom stereocenters. The summed E-state index contributed by atoms with van der Waals surface area (Å²) < 4.78 is 1.93. The highest BCUT2D eigenvalue weighted by Crippen LogP contribution is 2.19. The van der Waals surface area contributed by atoms with Crippen LogP contribution in [0.4, 0.5) is 0 Å². The van der Waals surface area contributed by atoms with Gasteiger partial charge in [0.1, 0.15) is 0 Å². The summed E-state index contributed by atoms with van der Waals surface area (Å²) in [5, 5.41) is 2.61. The highest BCUT2D eigenvalue weighted by molar-refractivity contribution is 7.07. The molecule has 2 heterocycles. The molecule has 138 valence electrons. The van der Waals surface area contributed by atoms with Crippen molar-refractivity contribution in [2.75, 3.05) is 13.1 Å². The standard InChI is InChI=1S/C19H22ClN3O2S/c1-2-17(24)22-9-5-7-15(13-22)18(25)21-19-23(10-11-26-19)12-14-6-3-4-8-16(14)20/h3-4,6,8,10-11,15H,2,5,7,9,12-13H2,1H3. The van der Waals surface area contributed by atoms with Crippen LogP contribution >= 0.6 is 22.9 Å². The highest BCUT2D eigenvalue weighted by atomic mass is 35.5. The number of likely N-dealkylation sites (tertiary alicyclic amines) is 1. The zero-order valence-electron chi connectivity index (χ0n) is 14.7. The number of hydrogen-bond donors (Lipinski definition) is 0. The molecule has 1 aliphatic heterocycles. The number of carbonyl (C=O) groups is 2. The zero-order valence-corrected chi connectivity index (χ0v) is 16.3. The van der Waals surface area contributed by atoms with Gasteiger partial charge in [0.2, 0.25) is 5.91 Å². The van der Waals surface area contributed by atoms with Crippen molar-refractivity contribution < 1.29 is 9.59 Å². The summed E-state index contributed by atoms with van der Waals surface area (Å²) in [6, 6.07) is 7.66. The predicted octanol–water partition coefficient (Wildman–Crippen LogP) is 3.33. The van der Waals surface area contributed by atoms with E-state index in [4.69, 9.17) is 11.6 Å². The second-order valence-electron chi connectivity index (χ2n) is 6.39. The van der Waals surface area contributed by atoms with Crippen LogP contribution < -0.4 is 4.80 Å². The minimum absolute atomic E-state index is 0.104. The lowest BCUT2D eigenvalue weighted by Crippen LogP contribution is -2.42. The molecule has 0 spiro atoms. The number of amides is 2. The summed E-state index contributed by atoms with van der Waals surface area (Å²) >= 11 is 7.67. The Morgan fingerprint density at radius 1 is 1.35 bits per heavy atom. The van der Waals surface area contributed by atoms with Crippen molar-refractivity contribution in [2.45, 2.75) is 32.7 Å². The van der Waals surface area contributed by atoms with Crippen LogP contribution in [0, 0.1) is 5.92 Å². The van der Waals surface area contributed by atoms with E-state index in [1.54, 1.807) is 4.90 Å². The van der Waals surface area contributed by atoms with Gasteiger partial charge in [-0.1, -0.05) is 36.7 Å². The van der Waals surface area contributed by atoms with Gasteiger partial charge in [-0.05, 0) is 24.5 Å². The first-order valence-corrected chi connectivity index (χ1v) is 10.1. The predicted molar refractivity (Wildman–Crippen MR) is 103 cm³/mol. The molecule has 0 bridgehead atoms. The van der Waals surface area contributed by atoms with Gasteiger partial charge in [0, 0.05) is 36.1 Å². The Bertz CT molecular complexity index is 858. The molecule has 5 nitrogen and oxygen atoms in total. The van der Waals surface area contributed by atoms with Crippen LogP contribution in [0.15, 0.2) is 40.8 Å². The molecule has 1 saturated heterocycles. The maximum atomic E-state index is 12.7. The first kappa shape index (κ1) is 18.9. The van der Waals surface area contributed by atoms with E-state index in [9.17, 15) is 9.59 Å². The summed E-state index contributed by atoms with van der Waals surface area (Å²) in [5.41, 5.74) is 0.985. The Balaban J connectivity index is 1.76. The van der Waals surface area contributed by atoms with Crippen LogP contribution in [0.3, 0.4) is 0 Å². The van der Waals surface area contributed by atoms with E-state index in [-0.39, 0.29) is 17.7 Å². The van der Waals surface area contributed by atoms with Crippen molar-refractivity contribution in [3.8, 4) is 0 Å². The third-order valence-corrected chi connectivity index (χ3v) is 5.75. The molecule has 7 heteroatoms. The molecule has 2 aromatic rings. The number of piperidine rings is 1. The minimum atomic E-state index is -0.213. The van der Waals surface area contributed by atoms with E-state index in [2.05, 4.69) is 4.99 Å². The molecule has 1 aliphatic rings. The van der Waals surface area contributed by atoms with E-state index in [0.717, 1.165) is 24.9 Å². The fourth-order valence-electron chi connectivity index (χ4n) is 3.13. The lowest BCUT2D eigenvalue weighted by atomic mass is 9.97. The molecule has 0 aliphatic carbocycles. The summed E-state index contributed by atoms with van der Waals surface area (Å²) in [4.78, 5) is 31.4. The number of benzene rings is 1. The zero-order chi connectivity index (χ0) is 18.5. The van der Waals surface area contributed by atoms with Gasteiger partial charge in [0.05, 0.1) is 12.5 Å².